The van der Waals surface area contributed by atoms with Gasteiger partial charge in [-0.3, -0.25) is 0 Å². The molecule has 148 valence electrons. The Hall–Kier alpha value is -2.66. The van der Waals surface area contributed by atoms with Gasteiger partial charge < -0.3 is 15.0 Å². The molecule has 0 fully saturated rings. The maximum atomic E-state index is 13.4. The summed E-state index contributed by atoms with van der Waals surface area (Å²) in [5, 5.41) is 15.3. The lowest BCUT2D eigenvalue weighted by molar-refractivity contribution is 0.174. The minimum Gasteiger partial charge on any atom is -0.387 e. The van der Waals surface area contributed by atoms with E-state index in [1.54, 1.807) is 6.07 Å². The second-order valence-corrected chi connectivity index (χ2v) is 7.50. The third-order valence-corrected chi connectivity index (χ3v) is 5.42. The zero-order chi connectivity index (χ0) is 20.2. The summed E-state index contributed by atoms with van der Waals surface area (Å²) in [5.74, 6) is -0.335. The molecule has 1 heterocycles. The van der Waals surface area contributed by atoms with Crippen molar-refractivity contribution in [3.8, 4) is 0 Å². The van der Waals surface area contributed by atoms with Gasteiger partial charge in [0.2, 0.25) is 0 Å². The lowest BCUT2D eigenvalue weighted by Crippen LogP contribution is -2.20. The number of aromatic nitrogens is 1. The third kappa shape index (κ3) is 4.51. The van der Waals surface area contributed by atoms with Crippen molar-refractivity contribution in [2.24, 2.45) is 0 Å². The van der Waals surface area contributed by atoms with E-state index in [-0.39, 0.29) is 5.82 Å². The number of para-hydroxylation sites is 1. The number of fused-ring (bicyclic) bond motifs is 1. The lowest BCUT2D eigenvalue weighted by Gasteiger charge is -2.11. The van der Waals surface area contributed by atoms with E-state index in [0.717, 1.165) is 27.6 Å². The molecule has 1 atom stereocenters. The fraction of sp³-hybridized carbons (Fsp3) is 0.167. The number of aliphatic hydroxyl groups is 1. The van der Waals surface area contributed by atoms with Crippen molar-refractivity contribution in [3.63, 3.8) is 0 Å². The van der Waals surface area contributed by atoms with Crippen LogP contribution in [-0.2, 0) is 13.1 Å². The smallest absolute Gasteiger partial charge is 0.124 e. The second-order valence-electron chi connectivity index (χ2n) is 7.09. The van der Waals surface area contributed by atoms with E-state index < -0.39 is 6.10 Å². The van der Waals surface area contributed by atoms with Gasteiger partial charge in [0.25, 0.3) is 0 Å². The Morgan fingerprint density at radius 2 is 1.72 bits per heavy atom. The zero-order valence-electron chi connectivity index (χ0n) is 15.9. The predicted octanol–water partition coefficient (Wildman–Crippen LogP) is 5.31. The summed E-state index contributed by atoms with van der Waals surface area (Å²) in [6, 6.07) is 22.3. The van der Waals surface area contributed by atoms with Crippen molar-refractivity contribution in [2.75, 3.05) is 6.54 Å². The molecule has 0 saturated carbocycles. The molecule has 0 aliphatic rings. The standard InChI is InChI=1S/C24H22ClFN2O/c25-22-12-20(26)11-10-18(22)15-28-16-19(21-8-4-5-9-23(21)28)13-27-14-24(29)17-6-2-1-3-7-17/h1-12,16,24,27,29H,13-15H2/t24-/m0/s1. The van der Waals surface area contributed by atoms with Crippen LogP contribution in [0.15, 0.2) is 79.0 Å². The minimum absolute atomic E-state index is 0.335. The van der Waals surface area contributed by atoms with Crippen molar-refractivity contribution in [1.82, 2.24) is 9.88 Å². The van der Waals surface area contributed by atoms with Crippen molar-refractivity contribution >= 4 is 22.5 Å². The number of nitrogens with zero attached hydrogens (tertiary/aromatic N) is 1. The molecule has 3 nitrogen and oxygen atoms in total. The quantitative estimate of drug-likeness (QED) is 0.435. The van der Waals surface area contributed by atoms with Crippen LogP contribution >= 0.6 is 11.6 Å². The van der Waals surface area contributed by atoms with Gasteiger partial charge in [0.05, 0.1) is 6.10 Å². The highest BCUT2D eigenvalue weighted by atomic mass is 35.5. The Kier molecular flexibility index (Phi) is 5.95. The lowest BCUT2D eigenvalue weighted by atomic mass is 10.1. The number of aliphatic hydroxyl groups excluding tert-OH is 1. The highest BCUT2D eigenvalue weighted by molar-refractivity contribution is 6.31. The van der Waals surface area contributed by atoms with Crippen LogP contribution in [0.25, 0.3) is 10.9 Å². The zero-order valence-corrected chi connectivity index (χ0v) is 16.6. The van der Waals surface area contributed by atoms with Crippen LogP contribution < -0.4 is 5.32 Å². The molecule has 1 aromatic heterocycles. The van der Waals surface area contributed by atoms with E-state index in [1.807, 2.05) is 42.5 Å². The summed E-state index contributed by atoms with van der Waals surface area (Å²) in [4.78, 5) is 0. The van der Waals surface area contributed by atoms with Gasteiger partial charge in [-0.15, -0.1) is 0 Å². The van der Waals surface area contributed by atoms with Crippen molar-refractivity contribution in [1.29, 1.82) is 0 Å². The van der Waals surface area contributed by atoms with Crippen LogP contribution in [0.5, 0.6) is 0 Å². The van der Waals surface area contributed by atoms with Gasteiger partial charge in [-0.25, -0.2) is 4.39 Å². The summed E-state index contributed by atoms with van der Waals surface area (Å²) in [7, 11) is 0. The minimum atomic E-state index is -0.553. The Morgan fingerprint density at radius 1 is 0.966 bits per heavy atom. The monoisotopic (exact) mass is 408 g/mol. The Labute approximate surface area is 174 Å². The number of benzene rings is 3. The van der Waals surface area contributed by atoms with Crippen LogP contribution in [0.1, 0.15) is 22.8 Å². The fourth-order valence-corrected chi connectivity index (χ4v) is 3.79. The first-order valence-corrected chi connectivity index (χ1v) is 9.94. The number of nitrogens with one attached hydrogen (secondary N) is 1. The maximum Gasteiger partial charge on any atom is 0.124 e. The van der Waals surface area contributed by atoms with Gasteiger partial charge in [-0.05, 0) is 34.9 Å². The molecule has 3 aromatic carbocycles. The number of hydrogen-bond acceptors (Lipinski definition) is 2. The molecule has 5 heteroatoms. The molecule has 4 aromatic rings. The average Bonchev–Trinajstić information content (AvgIpc) is 3.08. The van der Waals surface area contributed by atoms with Crippen LogP contribution in [0, 0.1) is 5.82 Å². The third-order valence-electron chi connectivity index (χ3n) is 5.06. The van der Waals surface area contributed by atoms with Gasteiger partial charge in [0.1, 0.15) is 5.82 Å². The van der Waals surface area contributed by atoms with E-state index in [4.69, 9.17) is 11.6 Å². The van der Waals surface area contributed by atoms with Crippen molar-refractivity contribution < 1.29 is 9.50 Å². The summed E-state index contributed by atoms with van der Waals surface area (Å²) < 4.78 is 15.5. The van der Waals surface area contributed by atoms with Gasteiger partial charge in [0, 0.05) is 41.8 Å². The van der Waals surface area contributed by atoms with E-state index >= 15 is 0 Å². The first-order valence-electron chi connectivity index (χ1n) is 9.56. The molecule has 0 amide bonds. The summed E-state index contributed by atoms with van der Waals surface area (Å²) >= 11 is 6.22. The van der Waals surface area contributed by atoms with E-state index in [2.05, 4.69) is 28.2 Å². The Balaban J connectivity index is 1.51. The molecular weight excluding hydrogens is 387 g/mol. The van der Waals surface area contributed by atoms with Gasteiger partial charge in [-0.1, -0.05) is 66.2 Å². The molecule has 4 rings (SSSR count). The van der Waals surface area contributed by atoms with Crippen LogP contribution in [0.4, 0.5) is 4.39 Å². The summed E-state index contributed by atoms with van der Waals surface area (Å²) in [6.07, 6.45) is 1.54. The SMILES string of the molecule is O[C@@H](CNCc1cn(Cc2ccc(F)cc2Cl)c2ccccc12)c1ccccc1. The highest BCUT2D eigenvalue weighted by Crippen LogP contribution is 2.25. The normalized spacial score (nSPS) is 12.4. The Bertz CT molecular complexity index is 1110. The second kappa shape index (κ2) is 8.78. The average molecular weight is 409 g/mol. The molecular formula is C24H22ClFN2O. The predicted molar refractivity (Wildman–Crippen MR) is 116 cm³/mol. The fourth-order valence-electron chi connectivity index (χ4n) is 3.56. The van der Waals surface area contributed by atoms with Gasteiger partial charge >= 0.3 is 0 Å². The van der Waals surface area contributed by atoms with Crippen molar-refractivity contribution in [2.45, 2.75) is 19.2 Å². The molecule has 0 unspecified atom stereocenters. The maximum absolute atomic E-state index is 13.4. The highest BCUT2D eigenvalue weighted by Gasteiger charge is 2.11. The number of halogens is 2. The summed E-state index contributed by atoms with van der Waals surface area (Å²) in [6.45, 7) is 1.66. The molecule has 0 radical (unpaired) electrons. The first kappa shape index (κ1) is 19.6. The van der Waals surface area contributed by atoms with Crippen LogP contribution in [0.2, 0.25) is 5.02 Å². The largest absolute Gasteiger partial charge is 0.387 e. The summed E-state index contributed by atoms with van der Waals surface area (Å²) in [5.41, 5.74) is 3.99. The molecule has 0 aliphatic heterocycles. The van der Waals surface area contributed by atoms with Crippen LogP contribution in [0.3, 0.4) is 0 Å². The molecule has 0 spiro atoms. The van der Waals surface area contributed by atoms with E-state index in [9.17, 15) is 9.50 Å². The topological polar surface area (TPSA) is 37.2 Å². The van der Waals surface area contributed by atoms with E-state index in [0.29, 0.717) is 24.7 Å². The molecule has 0 aliphatic carbocycles. The van der Waals surface area contributed by atoms with Gasteiger partial charge in [-0.2, -0.15) is 0 Å². The van der Waals surface area contributed by atoms with E-state index in [1.165, 1.54) is 12.1 Å². The van der Waals surface area contributed by atoms with Crippen molar-refractivity contribution in [3.05, 3.63) is 107 Å². The number of rotatable bonds is 7. The molecule has 0 saturated heterocycles. The first-order chi connectivity index (χ1) is 14.1. The molecule has 29 heavy (non-hydrogen) atoms. The molecule has 0 bridgehead atoms. The van der Waals surface area contributed by atoms with Crippen LogP contribution in [-0.4, -0.2) is 16.2 Å². The molecule has 2 N–H and O–H groups in total. The number of hydrogen-bond donors (Lipinski definition) is 2. The van der Waals surface area contributed by atoms with Gasteiger partial charge in [0.15, 0.2) is 0 Å². The Morgan fingerprint density at radius 3 is 2.52 bits per heavy atom.